The summed E-state index contributed by atoms with van der Waals surface area (Å²) in [4.78, 5) is 10.3. The zero-order valence-electron chi connectivity index (χ0n) is 7.43. The molecule has 0 bridgehead atoms. The molecule has 0 amide bonds. The van der Waals surface area contributed by atoms with E-state index in [1.54, 1.807) is 31.2 Å². The van der Waals surface area contributed by atoms with E-state index >= 15 is 0 Å². The molecule has 3 nitrogen and oxygen atoms in total. The highest BCUT2D eigenvalue weighted by Gasteiger charge is 2.00. The van der Waals surface area contributed by atoms with Crippen molar-refractivity contribution in [2.75, 3.05) is 6.61 Å². The fraction of sp³-hybridized carbons (Fsp3) is 0.300. The van der Waals surface area contributed by atoms with Gasteiger partial charge in [-0.3, -0.25) is 0 Å². The lowest BCUT2D eigenvalue weighted by molar-refractivity contribution is -0.111. The summed E-state index contributed by atoms with van der Waals surface area (Å²) in [5.74, 6) is 0.760. The summed E-state index contributed by atoms with van der Waals surface area (Å²) in [5, 5.41) is 8.97. The van der Waals surface area contributed by atoms with Crippen LogP contribution in [-0.4, -0.2) is 18.0 Å². The number of benzene rings is 1. The van der Waals surface area contributed by atoms with Crippen molar-refractivity contribution >= 4 is 6.29 Å². The smallest absolute Gasteiger partial charge is 0.126 e. The molecule has 0 aromatic heterocycles. The lowest BCUT2D eigenvalue weighted by atomic mass is 10.2. The van der Waals surface area contributed by atoms with Crippen molar-refractivity contribution in [1.82, 2.24) is 0 Å². The molecule has 70 valence electrons. The number of hydrogen-bond donors (Lipinski definition) is 1. The number of carbonyl (C=O) groups excluding carboxylic acids is 1. The van der Waals surface area contributed by atoms with Crippen molar-refractivity contribution in [1.29, 1.82) is 0 Å². The number of phenols is 1. The molecular weight excluding hydrogens is 168 g/mol. The normalized spacial score (nSPS) is 12.1. The van der Waals surface area contributed by atoms with Crippen molar-refractivity contribution < 1.29 is 14.6 Å². The topological polar surface area (TPSA) is 46.5 Å². The molecule has 0 aliphatic rings. The van der Waals surface area contributed by atoms with Crippen LogP contribution < -0.4 is 4.74 Å². The van der Waals surface area contributed by atoms with Crippen LogP contribution in [0, 0.1) is 5.92 Å². The van der Waals surface area contributed by atoms with Crippen LogP contribution in [0.15, 0.2) is 24.3 Å². The monoisotopic (exact) mass is 180 g/mol. The molecule has 0 spiro atoms. The summed E-state index contributed by atoms with van der Waals surface area (Å²) in [6, 6.07) is 6.40. The Labute approximate surface area is 77.0 Å². The third-order valence-electron chi connectivity index (χ3n) is 1.58. The van der Waals surface area contributed by atoms with E-state index in [1.807, 2.05) is 0 Å². The fourth-order valence-corrected chi connectivity index (χ4v) is 0.809. The maximum atomic E-state index is 10.3. The molecule has 13 heavy (non-hydrogen) atoms. The molecule has 3 heteroatoms. The highest BCUT2D eigenvalue weighted by atomic mass is 16.5. The average molecular weight is 180 g/mol. The number of aromatic hydroxyl groups is 1. The number of hydrogen-bond acceptors (Lipinski definition) is 3. The minimum atomic E-state index is -0.103. The summed E-state index contributed by atoms with van der Waals surface area (Å²) in [7, 11) is 0. The first-order valence-electron chi connectivity index (χ1n) is 4.09. The summed E-state index contributed by atoms with van der Waals surface area (Å²) in [5.41, 5.74) is 0. The van der Waals surface area contributed by atoms with Crippen LogP contribution in [0.1, 0.15) is 6.92 Å². The molecule has 0 aliphatic heterocycles. The Morgan fingerprint density at radius 2 is 2.08 bits per heavy atom. The third-order valence-corrected chi connectivity index (χ3v) is 1.58. The quantitative estimate of drug-likeness (QED) is 0.716. The van der Waals surface area contributed by atoms with Crippen molar-refractivity contribution in [2.24, 2.45) is 5.92 Å². The standard InChI is InChI=1S/C10H12O3/c1-8(6-11)7-13-10-4-2-9(12)3-5-10/h2-6,8,12H,7H2,1H3. The van der Waals surface area contributed by atoms with Gasteiger partial charge in [0.05, 0.1) is 6.61 Å². The molecule has 1 rings (SSSR count). The molecule has 1 aromatic carbocycles. The molecule has 1 unspecified atom stereocenters. The second kappa shape index (κ2) is 4.50. The van der Waals surface area contributed by atoms with Gasteiger partial charge < -0.3 is 14.6 Å². The van der Waals surface area contributed by atoms with Crippen molar-refractivity contribution in [2.45, 2.75) is 6.92 Å². The first kappa shape index (κ1) is 9.58. The van der Waals surface area contributed by atoms with Crippen molar-refractivity contribution in [3.05, 3.63) is 24.3 Å². The van der Waals surface area contributed by atoms with E-state index < -0.39 is 0 Å². The van der Waals surface area contributed by atoms with E-state index in [-0.39, 0.29) is 11.7 Å². The predicted octanol–water partition coefficient (Wildman–Crippen LogP) is 1.61. The van der Waals surface area contributed by atoms with Gasteiger partial charge >= 0.3 is 0 Å². The summed E-state index contributed by atoms with van der Waals surface area (Å²) in [6.07, 6.45) is 0.848. The Balaban J connectivity index is 2.45. The van der Waals surface area contributed by atoms with Gasteiger partial charge in [0, 0.05) is 5.92 Å². The molecule has 1 aromatic rings. The third kappa shape index (κ3) is 3.15. The van der Waals surface area contributed by atoms with E-state index in [2.05, 4.69) is 0 Å². The van der Waals surface area contributed by atoms with E-state index in [0.29, 0.717) is 12.4 Å². The zero-order valence-corrected chi connectivity index (χ0v) is 7.43. The Bertz CT molecular complexity index is 266. The molecular formula is C10H12O3. The van der Waals surface area contributed by atoms with E-state index in [0.717, 1.165) is 6.29 Å². The molecule has 0 aliphatic carbocycles. The van der Waals surface area contributed by atoms with E-state index in [4.69, 9.17) is 9.84 Å². The largest absolute Gasteiger partial charge is 0.508 e. The highest BCUT2D eigenvalue weighted by molar-refractivity contribution is 5.52. The molecule has 0 fully saturated rings. The van der Waals surface area contributed by atoms with Gasteiger partial charge in [0.2, 0.25) is 0 Å². The van der Waals surface area contributed by atoms with Crippen LogP contribution in [0.3, 0.4) is 0 Å². The average Bonchev–Trinajstić information content (AvgIpc) is 2.16. The van der Waals surface area contributed by atoms with Gasteiger partial charge in [-0.25, -0.2) is 0 Å². The molecule has 1 N–H and O–H groups in total. The van der Waals surface area contributed by atoms with Crippen LogP contribution in [0.4, 0.5) is 0 Å². The lowest BCUT2D eigenvalue weighted by Gasteiger charge is -2.07. The molecule has 0 saturated carbocycles. The predicted molar refractivity (Wildman–Crippen MR) is 48.8 cm³/mol. The maximum absolute atomic E-state index is 10.3. The van der Waals surface area contributed by atoms with Crippen molar-refractivity contribution in [3.8, 4) is 11.5 Å². The fourth-order valence-electron chi connectivity index (χ4n) is 0.809. The number of rotatable bonds is 4. The van der Waals surface area contributed by atoms with Gasteiger partial charge in [-0.15, -0.1) is 0 Å². The highest BCUT2D eigenvalue weighted by Crippen LogP contribution is 2.16. The molecule has 1 atom stereocenters. The first-order valence-corrected chi connectivity index (χ1v) is 4.09. The lowest BCUT2D eigenvalue weighted by Crippen LogP contribution is -2.09. The minimum Gasteiger partial charge on any atom is -0.508 e. The number of ether oxygens (including phenoxy) is 1. The Kier molecular flexibility index (Phi) is 3.31. The van der Waals surface area contributed by atoms with Crippen LogP contribution >= 0.6 is 0 Å². The van der Waals surface area contributed by atoms with Gasteiger partial charge in [0.1, 0.15) is 17.8 Å². The van der Waals surface area contributed by atoms with Gasteiger partial charge in [0.15, 0.2) is 0 Å². The summed E-state index contributed by atoms with van der Waals surface area (Å²) >= 11 is 0. The summed E-state index contributed by atoms with van der Waals surface area (Å²) < 4.78 is 5.27. The van der Waals surface area contributed by atoms with Crippen LogP contribution in [0.5, 0.6) is 11.5 Å². The Morgan fingerprint density at radius 3 is 2.62 bits per heavy atom. The van der Waals surface area contributed by atoms with Gasteiger partial charge in [0.25, 0.3) is 0 Å². The Morgan fingerprint density at radius 1 is 1.46 bits per heavy atom. The Hall–Kier alpha value is -1.51. The van der Waals surface area contributed by atoms with Crippen LogP contribution in [0.25, 0.3) is 0 Å². The zero-order chi connectivity index (χ0) is 9.68. The van der Waals surface area contributed by atoms with Gasteiger partial charge in [-0.1, -0.05) is 6.92 Å². The van der Waals surface area contributed by atoms with Gasteiger partial charge in [-0.05, 0) is 24.3 Å². The second-order valence-corrected chi connectivity index (χ2v) is 2.92. The summed E-state index contributed by atoms with van der Waals surface area (Å²) in [6.45, 7) is 2.15. The molecule has 0 saturated heterocycles. The van der Waals surface area contributed by atoms with Crippen LogP contribution in [0.2, 0.25) is 0 Å². The second-order valence-electron chi connectivity index (χ2n) is 2.92. The number of phenolic OH excluding ortho intramolecular Hbond substituents is 1. The molecule has 0 radical (unpaired) electrons. The minimum absolute atomic E-state index is 0.103. The number of aldehydes is 1. The van der Waals surface area contributed by atoms with Crippen LogP contribution in [-0.2, 0) is 4.79 Å². The van der Waals surface area contributed by atoms with E-state index in [1.165, 1.54) is 0 Å². The molecule has 0 heterocycles. The maximum Gasteiger partial charge on any atom is 0.126 e. The van der Waals surface area contributed by atoms with Gasteiger partial charge in [-0.2, -0.15) is 0 Å². The number of carbonyl (C=O) groups is 1. The SMILES string of the molecule is CC(C=O)COc1ccc(O)cc1. The van der Waals surface area contributed by atoms with Crippen molar-refractivity contribution in [3.63, 3.8) is 0 Å². The first-order chi connectivity index (χ1) is 6.22. The van der Waals surface area contributed by atoms with E-state index in [9.17, 15) is 4.79 Å².